The van der Waals surface area contributed by atoms with Gasteiger partial charge in [0.15, 0.2) is 0 Å². The molecule has 0 radical (unpaired) electrons. The van der Waals surface area contributed by atoms with E-state index >= 15 is 0 Å². The number of halogens is 3. The van der Waals surface area contributed by atoms with Crippen LogP contribution in [0.5, 0.6) is 0 Å². The highest BCUT2D eigenvalue weighted by atomic mass is 35.8. The molecular formula is C4H9Cl3Si. The zero-order chi connectivity index (χ0) is 6.57. The molecule has 0 aromatic heterocycles. The molecule has 0 amide bonds. The highest BCUT2D eigenvalue weighted by molar-refractivity contribution is 7.54. The summed E-state index contributed by atoms with van der Waals surface area (Å²) in [5.41, 5.74) is 0. The maximum absolute atomic E-state index is 4.94. The first-order valence-corrected chi connectivity index (χ1v) is 7.79. The molecule has 1 saturated carbocycles. The van der Waals surface area contributed by atoms with Crippen molar-refractivity contribution in [3.05, 3.63) is 0 Å². The summed E-state index contributed by atoms with van der Waals surface area (Å²) in [6, 6.07) is 0. The minimum absolute atomic E-state index is 1.08. The molecule has 0 spiro atoms. The van der Waals surface area contributed by atoms with Crippen LogP contribution in [-0.4, -0.2) is 6.73 Å². The second kappa shape index (κ2) is 4.92. The first kappa shape index (κ1) is 9.09. The predicted molar refractivity (Wildman–Crippen MR) is 43.1 cm³/mol. The van der Waals surface area contributed by atoms with E-state index in [0.717, 1.165) is 5.92 Å². The molecule has 0 nitrogen and oxygen atoms in total. The summed E-state index contributed by atoms with van der Waals surface area (Å²) >= 11 is 14.8. The molecule has 0 N–H and O–H groups in total. The van der Waals surface area contributed by atoms with E-state index in [4.69, 9.17) is 33.2 Å². The van der Waals surface area contributed by atoms with E-state index in [9.17, 15) is 0 Å². The monoisotopic (exact) mass is 190 g/mol. The van der Waals surface area contributed by atoms with E-state index < -0.39 is 6.73 Å². The second-order valence-corrected chi connectivity index (χ2v) is 8.36. The lowest BCUT2D eigenvalue weighted by molar-refractivity contribution is 0.983. The fourth-order valence-electron chi connectivity index (χ4n) is 0.167. The van der Waals surface area contributed by atoms with Gasteiger partial charge in [-0.25, -0.2) is 0 Å². The normalized spacial score (nSPS) is 17.6. The maximum Gasteiger partial charge on any atom is 0.326 e. The van der Waals surface area contributed by atoms with Crippen LogP contribution < -0.4 is 0 Å². The Morgan fingerprint density at radius 1 is 1.25 bits per heavy atom. The summed E-state index contributed by atoms with van der Waals surface area (Å²) < 4.78 is 0. The van der Waals surface area contributed by atoms with E-state index in [2.05, 4.69) is 6.92 Å². The third kappa shape index (κ3) is 15.7. The summed E-state index contributed by atoms with van der Waals surface area (Å²) in [6.45, 7) is 0.556. The fraction of sp³-hybridized carbons (Fsp3) is 1.00. The van der Waals surface area contributed by atoms with Crippen LogP contribution in [0.25, 0.3) is 0 Å². The van der Waals surface area contributed by atoms with Crippen molar-refractivity contribution in [1.29, 1.82) is 0 Å². The van der Waals surface area contributed by atoms with E-state index in [1.807, 2.05) is 0 Å². The molecule has 0 heterocycles. The number of rotatable bonds is 0. The van der Waals surface area contributed by atoms with E-state index in [1.54, 1.807) is 0 Å². The third-order valence-electron chi connectivity index (χ3n) is 0.866. The van der Waals surface area contributed by atoms with Gasteiger partial charge in [0, 0.05) is 0 Å². The van der Waals surface area contributed by atoms with Gasteiger partial charge in [0.25, 0.3) is 0 Å². The van der Waals surface area contributed by atoms with Crippen LogP contribution in [0.2, 0.25) is 0 Å². The Kier molecular flexibility index (Phi) is 5.59. The van der Waals surface area contributed by atoms with Crippen molar-refractivity contribution in [2.75, 3.05) is 0 Å². The molecule has 0 aromatic carbocycles. The van der Waals surface area contributed by atoms with Crippen LogP contribution in [0.15, 0.2) is 0 Å². The standard InChI is InChI=1S/C4H8.Cl3HSi/c1-4-2-3-4;1-4(2)3/h4H,2-3H2,1H3;4H. The summed E-state index contributed by atoms with van der Waals surface area (Å²) in [6.07, 6.45) is 2.97. The van der Waals surface area contributed by atoms with Crippen LogP contribution in [0.1, 0.15) is 19.8 Å². The van der Waals surface area contributed by atoms with Crippen molar-refractivity contribution >= 4 is 40.0 Å². The third-order valence-corrected chi connectivity index (χ3v) is 0.866. The van der Waals surface area contributed by atoms with Gasteiger partial charge >= 0.3 is 6.73 Å². The average Bonchev–Trinajstić information content (AvgIpc) is 2.19. The molecule has 4 heteroatoms. The zero-order valence-corrected chi connectivity index (χ0v) is 8.13. The van der Waals surface area contributed by atoms with Gasteiger partial charge in [0.2, 0.25) is 0 Å². The highest BCUT2D eigenvalue weighted by Gasteiger charge is 2.12. The Morgan fingerprint density at radius 3 is 1.38 bits per heavy atom. The van der Waals surface area contributed by atoms with Crippen LogP contribution in [0.4, 0.5) is 0 Å². The molecule has 0 atom stereocenters. The number of hydrogen-bond donors (Lipinski definition) is 0. The Hall–Kier alpha value is 1.09. The first-order valence-electron chi connectivity index (χ1n) is 2.55. The second-order valence-electron chi connectivity index (χ2n) is 1.93. The minimum Gasteiger partial charge on any atom is -0.130 e. The molecule has 0 aromatic rings. The van der Waals surface area contributed by atoms with Gasteiger partial charge in [0.1, 0.15) is 0 Å². The topological polar surface area (TPSA) is 0 Å². The van der Waals surface area contributed by atoms with Gasteiger partial charge in [-0.2, -0.15) is 0 Å². The SMILES string of the molecule is CC1CC1.Cl[SiH](Cl)Cl. The molecule has 1 fully saturated rings. The summed E-state index contributed by atoms with van der Waals surface area (Å²) in [5, 5.41) is 0. The van der Waals surface area contributed by atoms with Gasteiger partial charge in [-0.15, -0.1) is 33.2 Å². The first-order chi connectivity index (χ1) is 3.63. The minimum atomic E-state index is -1.72. The van der Waals surface area contributed by atoms with Gasteiger partial charge in [0.05, 0.1) is 0 Å². The fourth-order valence-corrected chi connectivity index (χ4v) is 0.167. The Labute approximate surface area is 65.8 Å². The highest BCUT2D eigenvalue weighted by Crippen LogP contribution is 2.26. The Balaban J connectivity index is 0.000000122. The van der Waals surface area contributed by atoms with Gasteiger partial charge in [-0.1, -0.05) is 19.8 Å². The van der Waals surface area contributed by atoms with E-state index in [0.29, 0.717) is 0 Å². The lowest BCUT2D eigenvalue weighted by atomic mass is 10.5. The smallest absolute Gasteiger partial charge is 0.130 e. The molecular weight excluding hydrogens is 182 g/mol. The molecule has 50 valence electrons. The van der Waals surface area contributed by atoms with Crippen molar-refractivity contribution in [2.45, 2.75) is 19.8 Å². The maximum atomic E-state index is 4.94. The molecule has 0 saturated heterocycles. The van der Waals surface area contributed by atoms with Crippen molar-refractivity contribution in [1.82, 2.24) is 0 Å². The quantitative estimate of drug-likeness (QED) is 0.408. The lowest BCUT2D eigenvalue weighted by Gasteiger charge is -1.65. The van der Waals surface area contributed by atoms with Gasteiger partial charge in [-0.3, -0.25) is 0 Å². The summed E-state index contributed by atoms with van der Waals surface area (Å²) in [5.74, 6) is 1.08. The van der Waals surface area contributed by atoms with Crippen LogP contribution in [0.3, 0.4) is 0 Å². The van der Waals surface area contributed by atoms with Crippen molar-refractivity contribution in [3.8, 4) is 0 Å². The lowest BCUT2D eigenvalue weighted by Crippen LogP contribution is -1.66. The molecule has 0 unspecified atom stereocenters. The van der Waals surface area contributed by atoms with Crippen molar-refractivity contribution in [2.24, 2.45) is 5.92 Å². The molecule has 0 aliphatic heterocycles. The molecule has 1 aliphatic carbocycles. The van der Waals surface area contributed by atoms with E-state index in [-0.39, 0.29) is 0 Å². The largest absolute Gasteiger partial charge is 0.326 e. The van der Waals surface area contributed by atoms with Gasteiger partial charge < -0.3 is 0 Å². The average molecular weight is 192 g/mol. The van der Waals surface area contributed by atoms with E-state index in [1.165, 1.54) is 12.8 Å². The summed E-state index contributed by atoms with van der Waals surface area (Å²) in [7, 11) is 0. The summed E-state index contributed by atoms with van der Waals surface area (Å²) in [4.78, 5) is 0. The zero-order valence-electron chi connectivity index (χ0n) is 4.70. The van der Waals surface area contributed by atoms with Crippen LogP contribution >= 0.6 is 33.2 Å². The molecule has 0 bridgehead atoms. The molecule has 1 rings (SSSR count). The van der Waals surface area contributed by atoms with Crippen LogP contribution in [0, 0.1) is 5.92 Å². The Morgan fingerprint density at radius 2 is 1.38 bits per heavy atom. The van der Waals surface area contributed by atoms with Crippen molar-refractivity contribution < 1.29 is 0 Å². The number of hydrogen-bond acceptors (Lipinski definition) is 0. The molecule has 8 heavy (non-hydrogen) atoms. The van der Waals surface area contributed by atoms with Crippen molar-refractivity contribution in [3.63, 3.8) is 0 Å². The molecule has 1 aliphatic rings. The predicted octanol–water partition coefficient (Wildman–Crippen LogP) is 2.84. The Bertz CT molecular complexity index is 50.5. The van der Waals surface area contributed by atoms with Crippen LogP contribution in [-0.2, 0) is 0 Å². The van der Waals surface area contributed by atoms with Gasteiger partial charge in [-0.05, 0) is 5.92 Å².